The van der Waals surface area contributed by atoms with Crippen LogP contribution >= 0.6 is 0 Å². The van der Waals surface area contributed by atoms with Gasteiger partial charge in [-0.3, -0.25) is 0 Å². The number of likely N-dealkylation sites (tertiary alicyclic amines) is 2. The maximum atomic E-state index is 12.5. The van der Waals surface area contributed by atoms with Gasteiger partial charge in [-0.1, -0.05) is 6.92 Å². The van der Waals surface area contributed by atoms with Gasteiger partial charge in [-0.25, -0.2) is 9.59 Å². The zero-order chi connectivity index (χ0) is 14.0. The number of rotatable bonds is 1. The number of carbonyl (C=O) groups is 2. The minimum Gasteiger partial charge on any atom is -0.480 e. The minimum absolute atomic E-state index is 0.0160. The first kappa shape index (κ1) is 14.1. The molecule has 2 heterocycles. The maximum absolute atomic E-state index is 12.5. The predicted octanol–water partition coefficient (Wildman–Crippen LogP) is 0.715. The van der Waals surface area contributed by atoms with E-state index < -0.39 is 12.0 Å². The Labute approximate surface area is 113 Å². The average Bonchev–Trinajstić information content (AvgIpc) is 2.38. The lowest BCUT2D eigenvalue weighted by atomic mass is 9.91. The van der Waals surface area contributed by atoms with Gasteiger partial charge in [0, 0.05) is 25.7 Å². The number of amides is 2. The summed E-state index contributed by atoms with van der Waals surface area (Å²) in [5.41, 5.74) is 5.83. The molecular formula is C13H23N3O3. The first-order valence-electron chi connectivity index (χ1n) is 7.04. The van der Waals surface area contributed by atoms with Crippen molar-refractivity contribution in [2.75, 3.05) is 19.6 Å². The van der Waals surface area contributed by atoms with E-state index in [0.717, 1.165) is 25.7 Å². The molecule has 6 nitrogen and oxygen atoms in total. The van der Waals surface area contributed by atoms with Crippen molar-refractivity contribution in [3.63, 3.8) is 0 Å². The monoisotopic (exact) mass is 269 g/mol. The number of nitrogens with two attached hydrogens (primary N) is 1. The zero-order valence-corrected chi connectivity index (χ0v) is 11.4. The van der Waals surface area contributed by atoms with Crippen molar-refractivity contribution in [2.24, 2.45) is 11.7 Å². The van der Waals surface area contributed by atoms with Crippen LogP contribution in [-0.2, 0) is 4.79 Å². The second-order valence-electron chi connectivity index (χ2n) is 5.70. The van der Waals surface area contributed by atoms with Gasteiger partial charge in [0.05, 0.1) is 0 Å². The summed E-state index contributed by atoms with van der Waals surface area (Å²) in [6.07, 6.45) is 3.34. The molecule has 2 unspecified atom stereocenters. The zero-order valence-electron chi connectivity index (χ0n) is 11.4. The smallest absolute Gasteiger partial charge is 0.326 e. The number of carboxylic acids is 1. The largest absolute Gasteiger partial charge is 0.480 e. The van der Waals surface area contributed by atoms with Gasteiger partial charge < -0.3 is 20.6 Å². The molecule has 2 fully saturated rings. The summed E-state index contributed by atoms with van der Waals surface area (Å²) in [5.74, 6) is -0.878. The van der Waals surface area contributed by atoms with Crippen LogP contribution in [0.5, 0.6) is 0 Å². The third-order valence-corrected chi connectivity index (χ3v) is 4.24. The van der Waals surface area contributed by atoms with E-state index in [9.17, 15) is 14.7 Å². The topological polar surface area (TPSA) is 86.9 Å². The first-order valence-corrected chi connectivity index (χ1v) is 7.04. The lowest BCUT2D eigenvalue weighted by Gasteiger charge is -2.41. The summed E-state index contributed by atoms with van der Waals surface area (Å²) >= 11 is 0. The highest BCUT2D eigenvalue weighted by atomic mass is 16.4. The Kier molecular flexibility index (Phi) is 4.29. The molecule has 3 N–H and O–H groups in total. The molecule has 2 atom stereocenters. The van der Waals surface area contributed by atoms with Crippen LogP contribution in [0, 0.1) is 5.92 Å². The second kappa shape index (κ2) is 5.77. The molecule has 19 heavy (non-hydrogen) atoms. The SMILES string of the molecule is CC1CCCN(C(=O)N2CCC(N)CC2)C1C(=O)O. The molecule has 2 saturated heterocycles. The number of carbonyl (C=O) groups excluding carboxylic acids is 1. The van der Waals surface area contributed by atoms with Crippen molar-refractivity contribution in [3.05, 3.63) is 0 Å². The second-order valence-corrected chi connectivity index (χ2v) is 5.70. The molecule has 2 aliphatic rings. The number of urea groups is 1. The Bertz CT molecular complexity index is 353. The third-order valence-electron chi connectivity index (χ3n) is 4.24. The summed E-state index contributed by atoms with van der Waals surface area (Å²) in [5, 5.41) is 9.34. The Morgan fingerprint density at radius 1 is 1.16 bits per heavy atom. The van der Waals surface area contributed by atoms with E-state index in [0.29, 0.717) is 19.6 Å². The summed E-state index contributed by atoms with van der Waals surface area (Å²) in [6, 6.07) is -0.651. The van der Waals surface area contributed by atoms with E-state index in [4.69, 9.17) is 5.73 Å². The third kappa shape index (κ3) is 3.00. The van der Waals surface area contributed by atoms with Crippen molar-refractivity contribution in [1.82, 2.24) is 9.80 Å². The molecule has 2 rings (SSSR count). The summed E-state index contributed by atoms with van der Waals surface area (Å²) in [7, 11) is 0. The van der Waals surface area contributed by atoms with Crippen LogP contribution in [0.1, 0.15) is 32.6 Å². The van der Waals surface area contributed by atoms with Crippen molar-refractivity contribution < 1.29 is 14.7 Å². The molecule has 2 aliphatic heterocycles. The van der Waals surface area contributed by atoms with Gasteiger partial charge in [0.1, 0.15) is 6.04 Å². The van der Waals surface area contributed by atoms with E-state index in [2.05, 4.69) is 0 Å². The number of nitrogens with zero attached hydrogens (tertiary/aromatic N) is 2. The molecule has 0 bridgehead atoms. The molecule has 0 aliphatic carbocycles. The normalized spacial score (nSPS) is 29.4. The summed E-state index contributed by atoms with van der Waals surface area (Å²) in [4.78, 5) is 27.1. The van der Waals surface area contributed by atoms with Crippen molar-refractivity contribution in [2.45, 2.75) is 44.7 Å². The lowest BCUT2D eigenvalue weighted by Crippen LogP contribution is -2.57. The van der Waals surface area contributed by atoms with Gasteiger partial charge in [-0.15, -0.1) is 0 Å². The van der Waals surface area contributed by atoms with Crippen molar-refractivity contribution >= 4 is 12.0 Å². The highest BCUT2D eigenvalue weighted by molar-refractivity contribution is 5.83. The van der Waals surface area contributed by atoms with Gasteiger partial charge in [0.15, 0.2) is 0 Å². The predicted molar refractivity (Wildman–Crippen MR) is 70.7 cm³/mol. The molecule has 0 spiro atoms. The molecule has 0 aromatic heterocycles. The van der Waals surface area contributed by atoms with Crippen LogP contribution in [-0.4, -0.2) is 58.6 Å². The van der Waals surface area contributed by atoms with E-state index in [1.54, 1.807) is 4.90 Å². The van der Waals surface area contributed by atoms with Gasteiger partial charge in [0.25, 0.3) is 0 Å². The van der Waals surface area contributed by atoms with Crippen LogP contribution in [0.2, 0.25) is 0 Å². The molecule has 0 saturated carbocycles. The van der Waals surface area contributed by atoms with E-state index in [1.807, 2.05) is 6.92 Å². The van der Waals surface area contributed by atoms with E-state index in [-0.39, 0.29) is 18.0 Å². The number of aliphatic carboxylic acids is 1. The van der Waals surface area contributed by atoms with Crippen molar-refractivity contribution in [3.8, 4) is 0 Å². The van der Waals surface area contributed by atoms with Gasteiger partial charge in [-0.2, -0.15) is 0 Å². The Balaban J connectivity index is 2.05. The Morgan fingerprint density at radius 3 is 2.37 bits per heavy atom. The number of piperidine rings is 2. The molecule has 0 aromatic rings. The van der Waals surface area contributed by atoms with Gasteiger partial charge in [-0.05, 0) is 31.6 Å². The quantitative estimate of drug-likeness (QED) is 0.734. The van der Waals surface area contributed by atoms with Crippen LogP contribution in [0.4, 0.5) is 4.79 Å². The fraction of sp³-hybridized carbons (Fsp3) is 0.846. The molecule has 108 valence electrons. The standard InChI is InChI=1S/C13H23N3O3/c1-9-3-2-6-16(11(9)12(17)18)13(19)15-7-4-10(14)5-8-15/h9-11H,2-8,14H2,1H3,(H,17,18). The Morgan fingerprint density at radius 2 is 1.79 bits per heavy atom. The molecule has 0 aromatic carbocycles. The summed E-state index contributed by atoms with van der Waals surface area (Å²) in [6.45, 7) is 3.72. The van der Waals surface area contributed by atoms with Crippen LogP contribution in [0.3, 0.4) is 0 Å². The van der Waals surface area contributed by atoms with E-state index in [1.165, 1.54) is 4.90 Å². The summed E-state index contributed by atoms with van der Waals surface area (Å²) < 4.78 is 0. The first-order chi connectivity index (χ1) is 9.00. The Hall–Kier alpha value is -1.30. The number of carboxylic acid groups (broad SMARTS) is 1. The average molecular weight is 269 g/mol. The van der Waals surface area contributed by atoms with Gasteiger partial charge >= 0.3 is 12.0 Å². The maximum Gasteiger partial charge on any atom is 0.326 e. The van der Waals surface area contributed by atoms with Crippen LogP contribution < -0.4 is 5.73 Å². The molecule has 2 amide bonds. The molecular weight excluding hydrogens is 246 g/mol. The highest BCUT2D eigenvalue weighted by Crippen LogP contribution is 2.25. The molecule has 6 heteroatoms. The van der Waals surface area contributed by atoms with Crippen LogP contribution in [0.25, 0.3) is 0 Å². The number of hydrogen-bond donors (Lipinski definition) is 2. The highest BCUT2D eigenvalue weighted by Gasteiger charge is 2.39. The fourth-order valence-corrected chi connectivity index (χ4v) is 3.05. The minimum atomic E-state index is -0.894. The number of hydrogen-bond acceptors (Lipinski definition) is 3. The van der Waals surface area contributed by atoms with Crippen molar-refractivity contribution in [1.29, 1.82) is 0 Å². The van der Waals surface area contributed by atoms with Crippen LogP contribution in [0.15, 0.2) is 0 Å². The lowest BCUT2D eigenvalue weighted by molar-refractivity contribution is -0.145. The fourth-order valence-electron chi connectivity index (χ4n) is 3.05. The van der Waals surface area contributed by atoms with Gasteiger partial charge in [0.2, 0.25) is 0 Å². The molecule has 0 radical (unpaired) electrons. The van der Waals surface area contributed by atoms with E-state index >= 15 is 0 Å².